The first kappa shape index (κ1) is 22.0. The van der Waals surface area contributed by atoms with Gasteiger partial charge < -0.3 is 19.9 Å². The molecule has 0 saturated carbocycles. The molecule has 1 aliphatic heterocycles. The number of aliphatic hydroxyl groups excluding tert-OH is 1. The lowest BCUT2D eigenvalue weighted by Crippen LogP contribution is -2.38. The van der Waals surface area contributed by atoms with Crippen LogP contribution in [0.3, 0.4) is 0 Å². The van der Waals surface area contributed by atoms with Crippen molar-refractivity contribution >= 4 is 33.2 Å². The molecule has 1 amide bonds. The molecule has 0 aliphatic carbocycles. The Morgan fingerprint density at radius 3 is 2.76 bits per heavy atom. The van der Waals surface area contributed by atoms with E-state index in [1.807, 2.05) is 42.6 Å². The monoisotopic (exact) mass is 479 g/mol. The third-order valence-electron chi connectivity index (χ3n) is 4.93. The number of ether oxygens (including phenoxy) is 2. The van der Waals surface area contributed by atoms with Gasteiger partial charge in [0.05, 0.1) is 0 Å². The van der Waals surface area contributed by atoms with Gasteiger partial charge in [0.2, 0.25) is 6.29 Å². The van der Waals surface area contributed by atoms with Crippen LogP contribution in [0.2, 0.25) is 0 Å². The average Bonchev–Trinajstić information content (AvgIpc) is 3.26. The molecule has 1 aromatic heterocycles. The van der Waals surface area contributed by atoms with Crippen molar-refractivity contribution < 1.29 is 19.4 Å². The number of allylic oxidation sites excluding steroid dienone is 1. The highest BCUT2D eigenvalue weighted by Gasteiger charge is 2.37. The van der Waals surface area contributed by atoms with E-state index in [0.717, 1.165) is 22.0 Å². The van der Waals surface area contributed by atoms with Gasteiger partial charge in [0.25, 0.3) is 5.91 Å². The number of hydrogen-bond acceptors (Lipinski definition) is 5. The SMILES string of the molecule is CCO[C@H]1OC(C(=O)NCc2ccc(Br)cc2)=C[C@@H](c2ccsc2)[C@H]1CCCO. The summed E-state index contributed by atoms with van der Waals surface area (Å²) in [5, 5.41) is 16.4. The molecule has 156 valence electrons. The van der Waals surface area contributed by atoms with E-state index in [-0.39, 0.29) is 30.1 Å². The Bertz CT molecular complexity index is 807. The predicted molar refractivity (Wildman–Crippen MR) is 117 cm³/mol. The Kier molecular flexibility index (Phi) is 8.29. The van der Waals surface area contributed by atoms with Gasteiger partial charge >= 0.3 is 0 Å². The first-order valence-electron chi connectivity index (χ1n) is 9.78. The van der Waals surface area contributed by atoms with Gasteiger partial charge in [-0.1, -0.05) is 28.1 Å². The number of carbonyl (C=O) groups is 1. The summed E-state index contributed by atoms with van der Waals surface area (Å²) in [5.41, 5.74) is 2.15. The molecule has 2 heterocycles. The molecule has 0 radical (unpaired) electrons. The van der Waals surface area contributed by atoms with E-state index in [0.29, 0.717) is 19.6 Å². The summed E-state index contributed by atoms with van der Waals surface area (Å²) in [4.78, 5) is 12.8. The fraction of sp³-hybridized carbons (Fsp3) is 0.409. The van der Waals surface area contributed by atoms with E-state index in [1.165, 1.54) is 0 Å². The minimum Gasteiger partial charge on any atom is -0.459 e. The van der Waals surface area contributed by atoms with E-state index >= 15 is 0 Å². The Morgan fingerprint density at radius 1 is 1.31 bits per heavy atom. The molecule has 7 heteroatoms. The van der Waals surface area contributed by atoms with Crippen molar-refractivity contribution in [1.29, 1.82) is 0 Å². The van der Waals surface area contributed by atoms with Crippen molar-refractivity contribution in [3.8, 4) is 0 Å². The zero-order valence-corrected chi connectivity index (χ0v) is 18.7. The second-order valence-corrected chi connectivity index (χ2v) is 8.59. The van der Waals surface area contributed by atoms with Crippen LogP contribution in [-0.2, 0) is 20.8 Å². The van der Waals surface area contributed by atoms with Gasteiger partial charge in [0.1, 0.15) is 0 Å². The number of carbonyl (C=O) groups excluding carboxylic acids is 1. The molecule has 0 spiro atoms. The van der Waals surface area contributed by atoms with Crippen molar-refractivity contribution in [3.05, 3.63) is 68.5 Å². The van der Waals surface area contributed by atoms with E-state index in [2.05, 4.69) is 32.7 Å². The van der Waals surface area contributed by atoms with E-state index < -0.39 is 6.29 Å². The lowest BCUT2D eigenvalue weighted by atomic mass is 9.81. The molecule has 1 aliphatic rings. The van der Waals surface area contributed by atoms with Crippen LogP contribution in [0, 0.1) is 5.92 Å². The predicted octanol–water partition coefficient (Wildman–Crippen LogP) is 4.58. The zero-order chi connectivity index (χ0) is 20.6. The summed E-state index contributed by atoms with van der Waals surface area (Å²) in [6.45, 7) is 2.95. The molecule has 0 unspecified atom stereocenters. The smallest absolute Gasteiger partial charge is 0.286 e. The second kappa shape index (κ2) is 10.9. The highest BCUT2D eigenvalue weighted by atomic mass is 79.9. The summed E-state index contributed by atoms with van der Waals surface area (Å²) in [5.74, 6) is 0.0849. The van der Waals surface area contributed by atoms with Gasteiger partial charge in [0, 0.05) is 36.1 Å². The molecule has 29 heavy (non-hydrogen) atoms. The molecule has 0 fully saturated rings. The standard InChI is InChI=1S/C22H26BrNO4S/c1-2-27-22-18(4-3-10-25)19(16-9-11-29-14-16)12-20(28-22)21(26)24-13-15-5-7-17(23)8-6-15/h5-9,11-12,14,18-19,22,25H,2-4,10,13H2,1H3,(H,24,26)/t18-,19+,22+/m1/s1. The normalized spacial score (nSPS) is 21.3. The van der Waals surface area contributed by atoms with Crippen LogP contribution in [0.5, 0.6) is 0 Å². The molecule has 1 aromatic carbocycles. The molecule has 3 atom stereocenters. The van der Waals surface area contributed by atoms with Gasteiger partial charge in [-0.05, 0) is 65.9 Å². The molecule has 3 rings (SSSR count). The quantitative estimate of drug-likeness (QED) is 0.552. The number of aliphatic hydroxyl groups is 1. The van der Waals surface area contributed by atoms with Gasteiger partial charge in [-0.3, -0.25) is 4.79 Å². The Balaban J connectivity index is 1.78. The first-order valence-corrected chi connectivity index (χ1v) is 11.5. The molecule has 2 aromatic rings. The van der Waals surface area contributed by atoms with Crippen molar-refractivity contribution in [1.82, 2.24) is 5.32 Å². The van der Waals surface area contributed by atoms with Gasteiger partial charge in [-0.15, -0.1) is 0 Å². The van der Waals surface area contributed by atoms with Crippen molar-refractivity contribution in [2.75, 3.05) is 13.2 Å². The molecule has 5 nitrogen and oxygen atoms in total. The summed E-state index contributed by atoms with van der Waals surface area (Å²) in [7, 11) is 0. The van der Waals surface area contributed by atoms with Crippen molar-refractivity contribution in [3.63, 3.8) is 0 Å². The maximum absolute atomic E-state index is 12.8. The highest BCUT2D eigenvalue weighted by molar-refractivity contribution is 9.10. The third kappa shape index (κ3) is 5.92. The Morgan fingerprint density at radius 2 is 2.10 bits per heavy atom. The molecule has 0 bridgehead atoms. The molecular weight excluding hydrogens is 454 g/mol. The average molecular weight is 480 g/mol. The van der Waals surface area contributed by atoms with Gasteiger partial charge in [-0.25, -0.2) is 0 Å². The number of hydrogen-bond donors (Lipinski definition) is 2. The van der Waals surface area contributed by atoms with Crippen LogP contribution >= 0.6 is 27.3 Å². The highest BCUT2D eigenvalue weighted by Crippen LogP contribution is 2.40. The fourth-order valence-electron chi connectivity index (χ4n) is 3.48. The molecular formula is C22H26BrNO4S. The van der Waals surface area contributed by atoms with Crippen LogP contribution in [-0.4, -0.2) is 30.5 Å². The number of benzene rings is 1. The largest absolute Gasteiger partial charge is 0.459 e. The number of nitrogens with one attached hydrogen (secondary N) is 1. The number of rotatable bonds is 9. The van der Waals surface area contributed by atoms with Gasteiger partial charge in [0.15, 0.2) is 5.76 Å². The lowest BCUT2D eigenvalue weighted by molar-refractivity contribution is -0.166. The van der Waals surface area contributed by atoms with Crippen LogP contribution in [0.1, 0.15) is 36.8 Å². The summed E-state index contributed by atoms with van der Waals surface area (Å²) < 4.78 is 12.8. The minimum absolute atomic E-state index is 0.00605. The zero-order valence-electron chi connectivity index (χ0n) is 16.3. The maximum atomic E-state index is 12.8. The summed E-state index contributed by atoms with van der Waals surface area (Å²) in [6.07, 6.45) is 2.80. The van der Waals surface area contributed by atoms with Crippen molar-refractivity contribution in [2.45, 2.75) is 38.5 Å². The van der Waals surface area contributed by atoms with Crippen LogP contribution in [0.25, 0.3) is 0 Å². The molecule has 2 N–H and O–H groups in total. The summed E-state index contributed by atoms with van der Waals surface area (Å²) >= 11 is 5.04. The van der Waals surface area contributed by atoms with Crippen molar-refractivity contribution in [2.24, 2.45) is 5.92 Å². The second-order valence-electron chi connectivity index (χ2n) is 6.89. The van der Waals surface area contributed by atoms with Gasteiger partial charge in [-0.2, -0.15) is 11.3 Å². The lowest BCUT2D eigenvalue weighted by Gasteiger charge is -2.36. The fourth-order valence-corrected chi connectivity index (χ4v) is 4.45. The first-order chi connectivity index (χ1) is 14.1. The number of halogens is 1. The Labute approximate surface area is 183 Å². The third-order valence-corrected chi connectivity index (χ3v) is 6.16. The van der Waals surface area contributed by atoms with Crippen LogP contribution < -0.4 is 5.32 Å². The topological polar surface area (TPSA) is 67.8 Å². The van der Waals surface area contributed by atoms with E-state index in [9.17, 15) is 9.90 Å². The number of amides is 1. The van der Waals surface area contributed by atoms with Crippen LogP contribution in [0.15, 0.2) is 57.4 Å². The van der Waals surface area contributed by atoms with E-state index in [1.54, 1.807) is 11.3 Å². The maximum Gasteiger partial charge on any atom is 0.286 e. The Hall–Kier alpha value is -1.67. The number of thiophene rings is 1. The molecule has 0 saturated heterocycles. The minimum atomic E-state index is -0.519. The van der Waals surface area contributed by atoms with Crippen LogP contribution in [0.4, 0.5) is 0 Å². The summed E-state index contributed by atoms with van der Waals surface area (Å²) in [6, 6.07) is 9.89. The van der Waals surface area contributed by atoms with E-state index in [4.69, 9.17) is 9.47 Å².